The average Bonchev–Trinajstić information content (AvgIpc) is 2.66. The minimum atomic E-state index is -0.452. The lowest BCUT2D eigenvalue weighted by molar-refractivity contribution is -0.117. The number of nitrogens with one attached hydrogen (secondary N) is 2. The van der Waals surface area contributed by atoms with Crippen LogP contribution in [0.3, 0.4) is 0 Å². The number of benzene rings is 2. The first-order valence-electron chi connectivity index (χ1n) is 7.75. The summed E-state index contributed by atoms with van der Waals surface area (Å²) in [6, 6.07) is 16.3. The maximum Gasteiger partial charge on any atom is 0.267 e. The van der Waals surface area contributed by atoms with Crippen LogP contribution < -0.4 is 10.6 Å². The van der Waals surface area contributed by atoms with Crippen LogP contribution in [0.1, 0.15) is 15.9 Å². The molecule has 0 saturated carbocycles. The zero-order valence-corrected chi connectivity index (χ0v) is 14.7. The number of rotatable bonds is 7. The van der Waals surface area contributed by atoms with E-state index in [1.54, 1.807) is 42.1 Å². The molecule has 0 unspecified atom stereocenters. The normalized spacial score (nSPS) is 11.0. The molecule has 0 aliphatic heterocycles. The third-order valence-electron chi connectivity index (χ3n) is 3.35. The van der Waals surface area contributed by atoms with E-state index in [-0.39, 0.29) is 24.8 Å². The minimum absolute atomic E-state index is 0.114. The van der Waals surface area contributed by atoms with Crippen LogP contribution in [0.15, 0.2) is 65.2 Å². The number of amides is 2. The van der Waals surface area contributed by atoms with Gasteiger partial charge in [-0.1, -0.05) is 30.3 Å². The van der Waals surface area contributed by atoms with Crippen LogP contribution in [-0.2, 0) is 4.79 Å². The topological polar surface area (TPSA) is 78.4 Å². The van der Waals surface area contributed by atoms with Gasteiger partial charge in [0.1, 0.15) is 5.70 Å². The maximum atomic E-state index is 12.3. The number of aliphatic hydroxyl groups excluding tert-OH is 1. The third kappa shape index (κ3) is 5.77. The summed E-state index contributed by atoms with van der Waals surface area (Å²) in [6.07, 6.45) is 3.59. The van der Waals surface area contributed by atoms with E-state index < -0.39 is 5.91 Å². The molecule has 2 rings (SSSR count). The van der Waals surface area contributed by atoms with Crippen LogP contribution in [0.2, 0.25) is 0 Å². The summed E-state index contributed by atoms with van der Waals surface area (Å²) >= 11 is 1.62. The van der Waals surface area contributed by atoms with Crippen LogP contribution >= 0.6 is 11.8 Å². The molecule has 0 spiro atoms. The molecule has 0 radical (unpaired) electrons. The molecule has 2 amide bonds. The predicted octanol–water partition coefficient (Wildman–Crippen LogP) is 2.29. The Hall–Kier alpha value is -2.57. The van der Waals surface area contributed by atoms with Gasteiger partial charge >= 0.3 is 0 Å². The molecule has 0 aliphatic rings. The second-order valence-electron chi connectivity index (χ2n) is 5.13. The summed E-state index contributed by atoms with van der Waals surface area (Å²) in [4.78, 5) is 25.7. The SMILES string of the molecule is CSc1ccc(/C=C(\NC(=O)c2ccccc2)C(=O)NCCO)cc1. The van der Waals surface area contributed by atoms with Crippen LogP contribution in [0.4, 0.5) is 0 Å². The molecule has 0 bridgehead atoms. The fourth-order valence-corrected chi connectivity index (χ4v) is 2.48. The molecule has 2 aromatic rings. The summed E-state index contributed by atoms with van der Waals surface area (Å²) in [5.41, 5.74) is 1.38. The monoisotopic (exact) mass is 356 g/mol. The highest BCUT2D eigenvalue weighted by atomic mass is 32.2. The van der Waals surface area contributed by atoms with Crippen molar-refractivity contribution < 1.29 is 14.7 Å². The molecule has 3 N–H and O–H groups in total. The lowest BCUT2D eigenvalue weighted by Gasteiger charge is -2.11. The van der Waals surface area contributed by atoms with Crippen LogP contribution in [-0.4, -0.2) is 36.3 Å². The number of hydrogen-bond donors (Lipinski definition) is 3. The van der Waals surface area contributed by atoms with Gasteiger partial charge in [-0.15, -0.1) is 11.8 Å². The molecule has 25 heavy (non-hydrogen) atoms. The van der Waals surface area contributed by atoms with Crippen molar-refractivity contribution in [2.24, 2.45) is 0 Å². The number of thioether (sulfide) groups is 1. The smallest absolute Gasteiger partial charge is 0.267 e. The molecular weight excluding hydrogens is 336 g/mol. The van der Waals surface area contributed by atoms with Crippen LogP contribution in [0.5, 0.6) is 0 Å². The maximum absolute atomic E-state index is 12.3. The van der Waals surface area contributed by atoms with E-state index in [2.05, 4.69) is 10.6 Å². The Bertz CT molecular complexity index is 743. The van der Waals surface area contributed by atoms with Gasteiger partial charge in [0.15, 0.2) is 0 Å². The first-order valence-corrected chi connectivity index (χ1v) is 8.97. The van der Waals surface area contributed by atoms with Gasteiger partial charge in [0.25, 0.3) is 11.8 Å². The molecule has 6 heteroatoms. The van der Waals surface area contributed by atoms with Gasteiger partial charge in [0, 0.05) is 17.0 Å². The minimum Gasteiger partial charge on any atom is -0.395 e. The summed E-state index contributed by atoms with van der Waals surface area (Å²) in [7, 11) is 0. The average molecular weight is 356 g/mol. The van der Waals surface area contributed by atoms with E-state index in [9.17, 15) is 9.59 Å². The Balaban J connectivity index is 2.23. The van der Waals surface area contributed by atoms with Gasteiger partial charge in [-0.3, -0.25) is 9.59 Å². The second-order valence-corrected chi connectivity index (χ2v) is 6.01. The fourth-order valence-electron chi connectivity index (χ4n) is 2.07. The Labute approximate surface area is 151 Å². The van der Waals surface area contributed by atoms with Crippen molar-refractivity contribution in [3.05, 3.63) is 71.4 Å². The first kappa shape index (κ1) is 18.8. The second kappa shape index (κ2) is 9.66. The Kier molecular flexibility index (Phi) is 7.25. The number of carbonyl (C=O) groups is 2. The van der Waals surface area contributed by atoms with Gasteiger partial charge < -0.3 is 15.7 Å². The van der Waals surface area contributed by atoms with Crippen molar-refractivity contribution in [2.45, 2.75) is 4.90 Å². The molecule has 0 fully saturated rings. The molecule has 0 saturated heterocycles. The van der Waals surface area contributed by atoms with Crippen LogP contribution in [0, 0.1) is 0 Å². The molecular formula is C19H20N2O3S. The number of hydrogen-bond acceptors (Lipinski definition) is 4. The zero-order valence-electron chi connectivity index (χ0n) is 13.9. The highest BCUT2D eigenvalue weighted by Crippen LogP contribution is 2.16. The summed E-state index contributed by atoms with van der Waals surface area (Å²) < 4.78 is 0. The third-order valence-corrected chi connectivity index (χ3v) is 4.10. The molecule has 5 nitrogen and oxygen atoms in total. The Morgan fingerprint density at radius 3 is 2.36 bits per heavy atom. The predicted molar refractivity (Wildman–Crippen MR) is 100 cm³/mol. The number of carbonyl (C=O) groups excluding carboxylic acids is 2. The van der Waals surface area contributed by atoms with Crippen molar-refractivity contribution in [3.8, 4) is 0 Å². The fraction of sp³-hybridized carbons (Fsp3) is 0.158. The van der Waals surface area contributed by atoms with E-state index in [0.717, 1.165) is 10.5 Å². The highest BCUT2D eigenvalue weighted by molar-refractivity contribution is 7.98. The van der Waals surface area contributed by atoms with E-state index in [4.69, 9.17) is 5.11 Å². The lowest BCUT2D eigenvalue weighted by atomic mass is 10.1. The summed E-state index contributed by atoms with van der Waals surface area (Å²) in [5.74, 6) is -0.820. The Morgan fingerprint density at radius 2 is 1.76 bits per heavy atom. The van der Waals surface area contributed by atoms with Crippen molar-refractivity contribution >= 4 is 29.7 Å². The standard InChI is InChI=1S/C19H20N2O3S/c1-25-16-9-7-14(8-10-16)13-17(19(24)20-11-12-22)21-18(23)15-5-3-2-4-6-15/h2-10,13,22H,11-12H2,1H3,(H,20,24)(H,21,23)/b17-13-. The van der Waals surface area contributed by atoms with Crippen molar-refractivity contribution in [1.82, 2.24) is 10.6 Å². The lowest BCUT2D eigenvalue weighted by Crippen LogP contribution is -2.36. The van der Waals surface area contributed by atoms with Gasteiger partial charge in [-0.05, 0) is 42.2 Å². The number of aliphatic hydroxyl groups is 1. The summed E-state index contributed by atoms with van der Waals surface area (Å²) in [5, 5.41) is 14.1. The highest BCUT2D eigenvalue weighted by Gasteiger charge is 2.14. The first-order chi connectivity index (χ1) is 12.1. The molecule has 0 aromatic heterocycles. The van der Waals surface area contributed by atoms with E-state index >= 15 is 0 Å². The summed E-state index contributed by atoms with van der Waals surface area (Å²) in [6.45, 7) is -0.0587. The van der Waals surface area contributed by atoms with E-state index in [1.807, 2.05) is 36.6 Å². The Morgan fingerprint density at radius 1 is 1.08 bits per heavy atom. The van der Waals surface area contributed by atoms with Crippen molar-refractivity contribution in [2.75, 3.05) is 19.4 Å². The van der Waals surface area contributed by atoms with Gasteiger partial charge in [0.05, 0.1) is 6.61 Å². The molecule has 2 aromatic carbocycles. The van der Waals surface area contributed by atoms with E-state index in [1.165, 1.54) is 0 Å². The quantitative estimate of drug-likeness (QED) is 0.525. The molecule has 130 valence electrons. The largest absolute Gasteiger partial charge is 0.395 e. The van der Waals surface area contributed by atoms with Crippen LogP contribution in [0.25, 0.3) is 6.08 Å². The zero-order chi connectivity index (χ0) is 18.1. The molecule has 0 heterocycles. The van der Waals surface area contributed by atoms with Gasteiger partial charge in [0.2, 0.25) is 0 Å². The van der Waals surface area contributed by atoms with Gasteiger partial charge in [-0.2, -0.15) is 0 Å². The molecule has 0 aliphatic carbocycles. The van der Waals surface area contributed by atoms with E-state index in [0.29, 0.717) is 5.56 Å². The van der Waals surface area contributed by atoms with Gasteiger partial charge in [-0.25, -0.2) is 0 Å². The van der Waals surface area contributed by atoms with Crippen molar-refractivity contribution in [1.29, 1.82) is 0 Å². The molecule has 0 atom stereocenters. The van der Waals surface area contributed by atoms with Crippen molar-refractivity contribution in [3.63, 3.8) is 0 Å².